The molecule has 0 N–H and O–H groups in total. The highest BCUT2D eigenvalue weighted by atomic mass is 32.1. The molecule has 1 aromatic heterocycles. The number of ether oxygens (including phenoxy) is 1. The maximum atomic E-state index is 13.3. The van der Waals surface area contributed by atoms with E-state index in [4.69, 9.17) is 4.74 Å². The standard InChI is InChI=1S/C18H18N2O3S/c1-9-4-5-10-11(8-9)24-16(19-10)20-14(21)17(2)12-6-7-13(23-12)18(17,3)15(20)22/h4-5,8,12-13H,6-7H2,1-3H3/t12-,13?,17+,18-/m0/s1. The van der Waals surface area contributed by atoms with Gasteiger partial charge >= 0.3 is 0 Å². The van der Waals surface area contributed by atoms with Crippen molar-refractivity contribution in [2.24, 2.45) is 10.8 Å². The summed E-state index contributed by atoms with van der Waals surface area (Å²) in [5.74, 6) is -0.309. The van der Waals surface area contributed by atoms with E-state index in [0.717, 1.165) is 28.6 Å². The Kier molecular flexibility index (Phi) is 2.57. The summed E-state index contributed by atoms with van der Waals surface area (Å²) in [6.07, 6.45) is 1.38. The molecule has 24 heavy (non-hydrogen) atoms. The van der Waals surface area contributed by atoms with Gasteiger partial charge in [-0.15, -0.1) is 0 Å². The maximum Gasteiger partial charge on any atom is 0.245 e. The number of hydrogen-bond donors (Lipinski definition) is 0. The van der Waals surface area contributed by atoms with E-state index in [1.807, 2.05) is 39.0 Å². The van der Waals surface area contributed by atoms with Crippen LogP contribution in [0.5, 0.6) is 0 Å². The molecule has 2 bridgehead atoms. The zero-order valence-electron chi connectivity index (χ0n) is 13.8. The Morgan fingerprint density at radius 3 is 2.42 bits per heavy atom. The Morgan fingerprint density at radius 1 is 1.17 bits per heavy atom. The summed E-state index contributed by atoms with van der Waals surface area (Å²) >= 11 is 1.41. The number of thiazole rings is 1. The van der Waals surface area contributed by atoms with Gasteiger partial charge in [0, 0.05) is 0 Å². The number of anilines is 1. The second-order valence-corrected chi connectivity index (χ2v) is 8.52. The third kappa shape index (κ3) is 1.39. The van der Waals surface area contributed by atoms with Gasteiger partial charge in [-0.1, -0.05) is 17.4 Å². The molecule has 3 aliphatic heterocycles. The number of nitrogens with zero attached hydrogens (tertiary/aromatic N) is 2. The van der Waals surface area contributed by atoms with Gasteiger partial charge in [0.1, 0.15) is 0 Å². The molecule has 124 valence electrons. The van der Waals surface area contributed by atoms with Crippen LogP contribution in [0.3, 0.4) is 0 Å². The lowest BCUT2D eigenvalue weighted by atomic mass is 9.59. The molecule has 2 aromatic rings. The van der Waals surface area contributed by atoms with Gasteiger partial charge in [0.2, 0.25) is 11.8 Å². The van der Waals surface area contributed by atoms with Crippen LogP contribution in [0.4, 0.5) is 5.13 Å². The predicted molar refractivity (Wildman–Crippen MR) is 91.0 cm³/mol. The summed E-state index contributed by atoms with van der Waals surface area (Å²) in [5.41, 5.74) is 0.411. The van der Waals surface area contributed by atoms with Crippen LogP contribution in [0.1, 0.15) is 32.3 Å². The first kappa shape index (κ1) is 14.5. The molecule has 0 spiro atoms. The van der Waals surface area contributed by atoms with E-state index in [1.54, 1.807) is 0 Å². The molecule has 5 nitrogen and oxygen atoms in total. The number of amides is 2. The lowest BCUT2D eigenvalue weighted by Gasteiger charge is -2.36. The highest BCUT2D eigenvalue weighted by Crippen LogP contribution is 2.64. The summed E-state index contributed by atoms with van der Waals surface area (Å²) in [7, 11) is 0. The molecule has 3 saturated heterocycles. The minimum atomic E-state index is -0.777. The summed E-state index contributed by atoms with van der Waals surface area (Å²) < 4.78 is 6.96. The summed E-state index contributed by atoms with van der Waals surface area (Å²) in [6, 6.07) is 5.97. The van der Waals surface area contributed by atoms with Crippen molar-refractivity contribution in [3.05, 3.63) is 23.8 Å². The van der Waals surface area contributed by atoms with Crippen molar-refractivity contribution in [2.45, 2.75) is 45.8 Å². The average molecular weight is 342 g/mol. The molecule has 4 atom stereocenters. The maximum absolute atomic E-state index is 13.3. The Hall–Kier alpha value is -1.79. The number of rotatable bonds is 1. The number of carbonyl (C=O) groups excluding carboxylic acids is 2. The van der Waals surface area contributed by atoms with Gasteiger partial charge in [-0.05, 0) is 51.3 Å². The number of aromatic nitrogens is 1. The number of hydrogen-bond acceptors (Lipinski definition) is 5. The van der Waals surface area contributed by atoms with Crippen LogP contribution in [0, 0.1) is 17.8 Å². The van der Waals surface area contributed by atoms with E-state index in [0.29, 0.717) is 5.13 Å². The molecule has 4 heterocycles. The van der Waals surface area contributed by atoms with Crippen LogP contribution < -0.4 is 4.90 Å². The van der Waals surface area contributed by atoms with Crippen LogP contribution in [0.25, 0.3) is 10.2 Å². The van der Waals surface area contributed by atoms with Gasteiger partial charge in [-0.2, -0.15) is 0 Å². The predicted octanol–water partition coefficient (Wildman–Crippen LogP) is 3.05. The average Bonchev–Trinajstić information content (AvgIpc) is 3.25. The van der Waals surface area contributed by atoms with Crippen molar-refractivity contribution in [1.82, 2.24) is 4.98 Å². The van der Waals surface area contributed by atoms with E-state index in [-0.39, 0.29) is 24.0 Å². The van der Waals surface area contributed by atoms with Crippen molar-refractivity contribution < 1.29 is 14.3 Å². The fourth-order valence-electron chi connectivity index (χ4n) is 4.72. The topological polar surface area (TPSA) is 59.5 Å². The van der Waals surface area contributed by atoms with E-state index in [1.165, 1.54) is 16.2 Å². The molecular weight excluding hydrogens is 324 g/mol. The monoisotopic (exact) mass is 342 g/mol. The molecule has 1 unspecified atom stereocenters. The van der Waals surface area contributed by atoms with Crippen molar-refractivity contribution in [2.75, 3.05) is 4.90 Å². The highest BCUT2D eigenvalue weighted by Gasteiger charge is 2.77. The number of benzene rings is 1. The molecule has 3 aliphatic rings. The van der Waals surface area contributed by atoms with Crippen LogP contribution >= 0.6 is 11.3 Å². The second kappa shape index (κ2) is 4.24. The normalized spacial score (nSPS) is 37.7. The first-order valence-corrected chi connectivity index (χ1v) is 9.10. The molecule has 2 amide bonds. The lowest BCUT2D eigenvalue weighted by Crippen LogP contribution is -2.48. The van der Waals surface area contributed by atoms with Gasteiger partial charge in [0.15, 0.2) is 5.13 Å². The van der Waals surface area contributed by atoms with Crippen LogP contribution in [-0.2, 0) is 14.3 Å². The van der Waals surface area contributed by atoms with Crippen LogP contribution in [0.15, 0.2) is 18.2 Å². The molecule has 0 aliphatic carbocycles. The Labute approximate surface area is 143 Å². The smallest absolute Gasteiger partial charge is 0.245 e. The lowest BCUT2D eigenvalue weighted by molar-refractivity contribution is -0.132. The fraction of sp³-hybridized carbons (Fsp3) is 0.500. The van der Waals surface area contributed by atoms with Crippen molar-refractivity contribution in [3.8, 4) is 0 Å². The quantitative estimate of drug-likeness (QED) is 0.748. The third-order valence-electron chi connectivity index (χ3n) is 6.40. The minimum Gasteiger partial charge on any atom is -0.373 e. The summed E-state index contributed by atoms with van der Waals surface area (Å²) in [6.45, 7) is 5.82. The van der Waals surface area contributed by atoms with E-state index in [9.17, 15) is 9.59 Å². The zero-order valence-corrected chi connectivity index (χ0v) is 14.6. The molecular formula is C18H18N2O3S. The molecule has 0 saturated carbocycles. The molecule has 6 heteroatoms. The van der Waals surface area contributed by atoms with E-state index >= 15 is 0 Å². The minimum absolute atomic E-state index is 0.155. The van der Waals surface area contributed by atoms with Gasteiger partial charge < -0.3 is 4.74 Å². The van der Waals surface area contributed by atoms with Gasteiger partial charge in [-0.25, -0.2) is 9.88 Å². The fourth-order valence-corrected chi connectivity index (χ4v) is 5.78. The SMILES string of the molecule is Cc1ccc2nc(N3C(=O)[C@@]4(C)[C@@H]5CCC(O5)[C@@]4(C)C3=O)sc2c1. The van der Waals surface area contributed by atoms with Crippen LogP contribution in [0.2, 0.25) is 0 Å². The third-order valence-corrected chi connectivity index (χ3v) is 7.41. The van der Waals surface area contributed by atoms with Crippen molar-refractivity contribution in [3.63, 3.8) is 0 Å². The van der Waals surface area contributed by atoms with E-state index in [2.05, 4.69) is 4.98 Å². The van der Waals surface area contributed by atoms with Gasteiger partial charge in [-0.3, -0.25) is 9.59 Å². The Balaban J connectivity index is 1.67. The molecule has 1 aromatic carbocycles. The Morgan fingerprint density at radius 2 is 1.79 bits per heavy atom. The van der Waals surface area contributed by atoms with Gasteiger partial charge in [0.05, 0.1) is 33.3 Å². The summed E-state index contributed by atoms with van der Waals surface area (Å²) in [4.78, 5) is 32.4. The number of carbonyl (C=O) groups is 2. The molecule has 0 radical (unpaired) electrons. The van der Waals surface area contributed by atoms with Crippen molar-refractivity contribution >= 4 is 38.5 Å². The number of imide groups is 1. The molecule has 3 fully saturated rings. The zero-order chi connectivity index (χ0) is 16.9. The second-order valence-electron chi connectivity index (χ2n) is 7.51. The first-order valence-electron chi connectivity index (χ1n) is 8.29. The highest BCUT2D eigenvalue weighted by molar-refractivity contribution is 7.22. The number of aryl methyl sites for hydroxylation is 1. The number of fused-ring (bicyclic) bond motifs is 6. The van der Waals surface area contributed by atoms with Gasteiger partial charge in [0.25, 0.3) is 0 Å². The van der Waals surface area contributed by atoms with Crippen LogP contribution in [-0.4, -0.2) is 29.0 Å². The summed E-state index contributed by atoms with van der Waals surface area (Å²) in [5, 5.41) is 0.488. The first-order chi connectivity index (χ1) is 11.4. The molecule has 5 rings (SSSR count). The van der Waals surface area contributed by atoms with Crippen molar-refractivity contribution in [1.29, 1.82) is 0 Å². The largest absolute Gasteiger partial charge is 0.373 e. The Bertz CT molecular complexity index is 888. The van der Waals surface area contributed by atoms with E-state index < -0.39 is 10.8 Å².